The van der Waals surface area contributed by atoms with Crippen molar-refractivity contribution < 1.29 is 9.53 Å². The fourth-order valence-corrected chi connectivity index (χ4v) is 2.58. The molecule has 1 heterocycles. The number of amides is 1. The Balaban J connectivity index is 2.06. The van der Waals surface area contributed by atoms with Gasteiger partial charge in [-0.25, -0.2) is 0 Å². The fraction of sp³-hybridized carbons (Fsp3) is 0.143. The molecule has 108 valence electrons. The van der Waals surface area contributed by atoms with Crippen LogP contribution in [0.3, 0.4) is 0 Å². The van der Waals surface area contributed by atoms with Crippen LogP contribution < -0.4 is 10.1 Å². The number of hydrogen-bond acceptors (Lipinski definition) is 4. The zero-order valence-corrected chi connectivity index (χ0v) is 13.2. The van der Waals surface area contributed by atoms with Gasteiger partial charge in [-0.1, -0.05) is 23.2 Å². The van der Waals surface area contributed by atoms with Gasteiger partial charge in [-0.15, -0.1) is 11.3 Å². The molecule has 0 spiro atoms. The number of carbonyl (C=O) groups excluding carboxylic acids is 1. The Labute approximate surface area is 135 Å². The van der Waals surface area contributed by atoms with Crippen molar-refractivity contribution in [2.45, 2.75) is 13.0 Å². The van der Waals surface area contributed by atoms with E-state index in [9.17, 15) is 4.79 Å². The molecule has 1 aromatic carbocycles. The van der Waals surface area contributed by atoms with Crippen LogP contribution in [0.5, 0.6) is 5.75 Å². The fourth-order valence-electron chi connectivity index (χ4n) is 1.52. The predicted octanol–water partition coefficient (Wildman–Crippen LogP) is 4.33. The Bertz CT molecular complexity index is 709. The highest BCUT2D eigenvalue weighted by Crippen LogP contribution is 2.29. The maximum atomic E-state index is 12.1. The van der Waals surface area contributed by atoms with Crippen LogP contribution in [0.25, 0.3) is 0 Å². The molecule has 1 N–H and O–H groups in total. The normalized spacial score (nSPS) is 11.5. The number of benzene rings is 1. The summed E-state index contributed by atoms with van der Waals surface area (Å²) in [6, 6.07) is 8.41. The summed E-state index contributed by atoms with van der Waals surface area (Å²) < 4.78 is 5.50. The lowest BCUT2D eigenvalue weighted by Crippen LogP contribution is -2.30. The molecule has 7 heteroatoms. The van der Waals surface area contributed by atoms with Gasteiger partial charge in [-0.3, -0.25) is 4.79 Å². The summed E-state index contributed by atoms with van der Waals surface area (Å²) in [5.41, 5.74) is 0.418. The highest BCUT2D eigenvalue weighted by molar-refractivity contribution is 7.14. The third-order valence-corrected chi connectivity index (χ3v) is 3.97. The number of anilines is 1. The number of ether oxygens (including phenoxy) is 1. The summed E-state index contributed by atoms with van der Waals surface area (Å²) in [7, 11) is 0. The van der Waals surface area contributed by atoms with Gasteiger partial charge in [0, 0.05) is 11.1 Å². The molecule has 4 nitrogen and oxygen atoms in total. The Morgan fingerprint density at radius 2 is 2.19 bits per heavy atom. The van der Waals surface area contributed by atoms with Crippen molar-refractivity contribution >= 4 is 45.4 Å². The van der Waals surface area contributed by atoms with Crippen LogP contribution in [0.1, 0.15) is 12.5 Å². The third kappa shape index (κ3) is 3.88. The van der Waals surface area contributed by atoms with Gasteiger partial charge in [0.25, 0.3) is 5.91 Å². The number of nitrogens with one attached hydrogen (secondary N) is 1. The quantitative estimate of drug-likeness (QED) is 0.900. The van der Waals surface area contributed by atoms with Gasteiger partial charge in [-0.2, -0.15) is 5.26 Å². The first-order valence-electron chi connectivity index (χ1n) is 5.91. The van der Waals surface area contributed by atoms with Crippen LogP contribution in [-0.4, -0.2) is 12.0 Å². The highest BCUT2D eigenvalue weighted by Gasteiger charge is 2.18. The summed E-state index contributed by atoms with van der Waals surface area (Å²) in [6.07, 6.45) is -0.783. The second-order valence-electron chi connectivity index (χ2n) is 4.10. The van der Waals surface area contributed by atoms with E-state index in [2.05, 4.69) is 5.32 Å². The maximum absolute atomic E-state index is 12.1. The number of hydrogen-bond donors (Lipinski definition) is 1. The first kappa shape index (κ1) is 15.6. The number of carbonyl (C=O) groups is 1. The van der Waals surface area contributed by atoms with Crippen molar-refractivity contribution in [1.82, 2.24) is 0 Å². The van der Waals surface area contributed by atoms with Crippen molar-refractivity contribution in [3.63, 3.8) is 0 Å². The van der Waals surface area contributed by atoms with E-state index < -0.39 is 6.10 Å². The van der Waals surface area contributed by atoms with Gasteiger partial charge >= 0.3 is 0 Å². The molecule has 0 fully saturated rings. The van der Waals surface area contributed by atoms with Gasteiger partial charge in [0.2, 0.25) is 0 Å². The molecule has 1 aromatic heterocycles. The molecule has 0 aliphatic heterocycles. The summed E-state index contributed by atoms with van der Waals surface area (Å²) in [5, 5.41) is 14.6. The molecule has 0 bridgehead atoms. The van der Waals surface area contributed by atoms with Crippen molar-refractivity contribution in [2.75, 3.05) is 5.32 Å². The van der Waals surface area contributed by atoms with Gasteiger partial charge in [0.15, 0.2) is 6.10 Å². The Morgan fingerprint density at radius 3 is 2.90 bits per heavy atom. The molecule has 0 radical (unpaired) electrons. The Kier molecular flexibility index (Phi) is 5.07. The molecule has 0 unspecified atom stereocenters. The van der Waals surface area contributed by atoms with Crippen LogP contribution in [0.4, 0.5) is 5.00 Å². The molecule has 0 saturated heterocycles. The molecule has 0 saturated carbocycles. The molecule has 2 aromatic rings. The van der Waals surface area contributed by atoms with E-state index in [1.54, 1.807) is 36.6 Å². The lowest BCUT2D eigenvalue weighted by atomic mass is 10.3. The molecule has 1 amide bonds. The minimum absolute atomic E-state index is 0.332. The molecular formula is C14H10Cl2N2O2S. The Morgan fingerprint density at radius 1 is 1.43 bits per heavy atom. The number of halogens is 2. The van der Waals surface area contributed by atoms with E-state index in [4.69, 9.17) is 33.2 Å². The average Bonchev–Trinajstić information content (AvgIpc) is 2.90. The number of thiophene rings is 1. The van der Waals surface area contributed by atoms with Gasteiger partial charge in [-0.05, 0) is 30.5 Å². The Hall–Kier alpha value is -1.74. The summed E-state index contributed by atoms with van der Waals surface area (Å²) in [4.78, 5) is 12.1. The van der Waals surface area contributed by atoms with E-state index >= 15 is 0 Å². The van der Waals surface area contributed by atoms with Crippen LogP contribution in [0, 0.1) is 11.3 Å². The van der Waals surface area contributed by atoms with Crippen LogP contribution in [-0.2, 0) is 4.79 Å². The van der Waals surface area contributed by atoms with Gasteiger partial charge in [0.1, 0.15) is 16.8 Å². The second kappa shape index (κ2) is 6.81. The number of rotatable bonds is 4. The van der Waals surface area contributed by atoms with Crippen LogP contribution >= 0.6 is 34.5 Å². The SMILES string of the molecule is C[C@H](Oc1cc(Cl)ccc1Cl)C(=O)Nc1sccc1C#N. The van der Waals surface area contributed by atoms with E-state index in [0.717, 1.165) is 0 Å². The minimum atomic E-state index is -0.783. The molecule has 0 aliphatic carbocycles. The van der Waals surface area contributed by atoms with E-state index in [-0.39, 0.29) is 5.91 Å². The second-order valence-corrected chi connectivity index (χ2v) is 5.86. The lowest BCUT2D eigenvalue weighted by molar-refractivity contribution is -0.122. The molecular weight excluding hydrogens is 331 g/mol. The van der Waals surface area contributed by atoms with Gasteiger partial charge < -0.3 is 10.1 Å². The van der Waals surface area contributed by atoms with Crippen LogP contribution in [0.2, 0.25) is 10.0 Å². The number of nitriles is 1. The largest absolute Gasteiger partial charge is 0.479 e. The first-order valence-corrected chi connectivity index (χ1v) is 7.55. The van der Waals surface area contributed by atoms with Crippen LogP contribution in [0.15, 0.2) is 29.6 Å². The zero-order valence-electron chi connectivity index (χ0n) is 10.9. The van der Waals surface area contributed by atoms with Crippen molar-refractivity contribution in [1.29, 1.82) is 5.26 Å². The molecule has 0 aliphatic rings. The number of nitrogens with zero attached hydrogens (tertiary/aromatic N) is 1. The van der Waals surface area contributed by atoms with Crippen molar-refractivity contribution in [3.8, 4) is 11.8 Å². The predicted molar refractivity (Wildman–Crippen MR) is 84.2 cm³/mol. The maximum Gasteiger partial charge on any atom is 0.265 e. The third-order valence-electron chi connectivity index (χ3n) is 2.59. The summed E-state index contributed by atoms with van der Waals surface area (Å²) in [6.45, 7) is 1.59. The van der Waals surface area contributed by atoms with Gasteiger partial charge in [0.05, 0.1) is 10.6 Å². The minimum Gasteiger partial charge on any atom is -0.479 e. The van der Waals surface area contributed by atoms with E-state index in [0.29, 0.717) is 26.4 Å². The van der Waals surface area contributed by atoms with Crippen molar-refractivity contribution in [3.05, 3.63) is 45.3 Å². The van der Waals surface area contributed by atoms with Crippen molar-refractivity contribution in [2.24, 2.45) is 0 Å². The summed E-state index contributed by atoms with van der Waals surface area (Å²) in [5.74, 6) is -0.0384. The lowest BCUT2D eigenvalue weighted by Gasteiger charge is -2.15. The average molecular weight is 341 g/mol. The molecule has 1 atom stereocenters. The van der Waals surface area contributed by atoms with E-state index in [1.807, 2.05) is 6.07 Å². The molecule has 21 heavy (non-hydrogen) atoms. The summed E-state index contributed by atoms with van der Waals surface area (Å²) >= 11 is 13.1. The zero-order chi connectivity index (χ0) is 15.4. The smallest absolute Gasteiger partial charge is 0.265 e. The highest BCUT2D eigenvalue weighted by atomic mass is 35.5. The standard InChI is InChI=1S/C14H10Cl2N2O2S/c1-8(20-12-6-10(15)2-3-11(12)16)13(19)18-14-9(7-17)4-5-21-14/h2-6,8H,1H3,(H,18,19)/t8-/m0/s1. The monoisotopic (exact) mass is 340 g/mol. The molecule has 2 rings (SSSR count). The first-order chi connectivity index (χ1) is 10.0. The topological polar surface area (TPSA) is 62.1 Å². The van der Waals surface area contributed by atoms with E-state index in [1.165, 1.54) is 11.3 Å².